The number of hydrogen-bond donors (Lipinski definition) is 3. The topological polar surface area (TPSA) is 91.3 Å². The molecule has 0 aromatic rings. The molecular formula is C12H27O5Y+. The van der Waals surface area contributed by atoms with Crippen LogP contribution >= 0.6 is 0 Å². The summed E-state index contributed by atoms with van der Waals surface area (Å²) in [5, 5.41) is 24.3. The van der Waals surface area contributed by atoms with Gasteiger partial charge in [0.2, 0.25) is 0 Å². The van der Waals surface area contributed by atoms with Crippen molar-refractivity contribution in [2.45, 2.75) is 40.5 Å². The van der Waals surface area contributed by atoms with Crippen LogP contribution in [0.1, 0.15) is 40.5 Å². The van der Waals surface area contributed by atoms with Crippen molar-refractivity contribution in [3.8, 4) is 0 Å². The minimum absolute atomic E-state index is 0. The monoisotopic (exact) mass is 340 g/mol. The van der Waals surface area contributed by atoms with Gasteiger partial charge >= 0.3 is 5.97 Å². The van der Waals surface area contributed by atoms with Gasteiger partial charge in [0.05, 0.1) is 0 Å². The van der Waals surface area contributed by atoms with Crippen molar-refractivity contribution in [2.24, 2.45) is 0 Å². The fourth-order valence-corrected chi connectivity index (χ4v) is 0.368. The van der Waals surface area contributed by atoms with E-state index in [-0.39, 0.29) is 44.4 Å². The van der Waals surface area contributed by atoms with Crippen molar-refractivity contribution in [1.29, 1.82) is 0 Å². The van der Waals surface area contributed by atoms with Crippen LogP contribution in [0.25, 0.3) is 0 Å². The zero-order valence-corrected chi connectivity index (χ0v) is 14.7. The normalized spacial score (nSPS) is 8.89. The molecule has 0 aromatic heterocycles. The number of ether oxygens (including phenoxy) is 1. The maximum absolute atomic E-state index is 8.68. The zero-order chi connectivity index (χ0) is 14.1. The first-order chi connectivity index (χ1) is 7.99. The molecule has 0 aliphatic heterocycles. The van der Waals surface area contributed by atoms with E-state index in [1.165, 1.54) is 6.92 Å². The molecule has 1 radical (unpaired) electrons. The molecule has 0 spiro atoms. The van der Waals surface area contributed by atoms with Crippen molar-refractivity contribution in [1.82, 2.24) is 0 Å². The smallest absolute Gasteiger partial charge is 0.512 e. The molecule has 0 bridgehead atoms. The summed E-state index contributed by atoms with van der Waals surface area (Å²) in [6.07, 6.45) is 2.89. The summed E-state index contributed by atoms with van der Waals surface area (Å²) >= 11 is 0. The van der Waals surface area contributed by atoms with Crippen LogP contribution in [0.2, 0.25) is 0 Å². The number of hydrogen-bond acceptors (Lipinski definition) is 4. The van der Waals surface area contributed by atoms with Crippen LogP contribution in [-0.4, -0.2) is 45.9 Å². The molecule has 0 atom stereocenters. The second-order valence-electron chi connectivity index (χ2n) is 3.00. The van der Waals surface area contributed by atoms with Crippen LogP contribution in [-0.2, 0) is 37.4 Å². The maximum Gasteiger partial charge on any atom is 0.513 e. The molecule has 0 saturated heterocycles. The predicted octanol–water partition coefficient (Wildman–Crippen LogP) is 1.76. The summed E-state index contributed by atoms with van der Waals surface area (Å²) in [6, 6.07) is 0. The molecular weight excluding hydrogens is 313 g/mol. The average molecular weight is 340 g/mol. The van der Waals surface area contributed by atoms with Gasteiger partial charge in [0.15, 0.2) is 6.61 Å². The van der Waals surface area contributed by atoms with Gasteiger partial charge in [-0.1, -0.05) is 13.8 Å². The van der Waals surface area contributed by atoms with Gasteiger partial charge in [-0.15, -0.1) is 0 Å². The molecule has 0 aromatic carbocycles. The van der Waals surface area contributed by atoms with E-state index in [0.717, 1.165) is 18.9 Å². The van der Waals surface area contributed by atoms with Gasteiger partial charge < -0.3 is 24.9 Å². The summed E-state index contributed by atoms with van der Waals surface area (Å²) in [4.78, 5) is 8.68. The van der Waals surface area contributed by atoms with Crippen LogP contribution < -0.4 is 0 Å². The second kappa shape index (κ2) is 25.8. The van der Waals surface area contributed by atoms with Crippen LogP contribution in [0.15, 0.2) is 11.8 Å². The third-order valence-corrected chi connectivity index (χ3v) is 1.07. The van der Waals surface area contributed by atoms with Gasteiger partial charge in [-0.2, -0.15) is 0 Å². The standard InChI is InChI=1S/C6H10O3.2C3H8O.Y/c1-3-9-6(8)4-5(2)7;2*1-2-3-4;/h4,7H,3H2,1-2H3;2*4H,2-3H2,1H3;/p+1/b5-4-;;;. The Labute approximate surface area is 135 Å². The number of aliphatic hydroxyl groups is 3. The van der Waals surface area contributed by atoms with Crippen LogP contribution in [0.5, 0.6) is 0 Å². The molecule has 107 valence electrons. The van der Waals surface area contributed by atoms with Crippen LogP contribution in [0.3, 0.4) is 0 Å². The second-order valence-corrected chi connectivity index (χ2v) is 3.00. The molecule has 0 amide bonds. The van der Waals surface area contributed by atoms with Crippen molar-refractivity contribution in [3.63, 3.8) is 0 Å². The van der Waals surface area contributed by atoms with E-state index in [4.69, 9.17) is 20.1 Å². The van der Waals surface area contributed by atoms with E-state index in [1.54, 1.807) is 6.92 Å². The predicted molar refractivity (Wildman–Crippen MR) is 69.7 cm³/mol. The van der Waals surface area contributed by atoms with Crippen molar-refractivity contribution in [2.75, 3.05) is 19.8 Å². The van der Waals surface area contributed by atoms with Crippen LogP contribution in [0.4, 0.5) is 0 Å². The van der Waals surface area contributed by atoms with E-state index in [9.17, 15) is 0 Å². The molecule has 5 nitrogen and oxygen atoms in total. The van der Waals surface area contributed by atoms with Gasteiger partial charge in [0, 0.05) is 45.9 Å². The Morgan fingerprint density at radius 3 is 1.61 bits per heavy atom. The van der Waals surface area contributed by atoms with Crippen molar-refractivity contribution in [3.05, 3.63) is 11.8 Å². The van der Waals surface area contributed by atoms with Gasteiger partial charge in [-0.05, 0) is 26.7 Å². The number of esters is 1. The van der Waals surface area contributed by atoms with E-state index in [2.05, 4.69) is 4.74 Å². The quantitative estimate of drug-likeness (QED) is 0.315. The molecule has 0 fully saturated rings. The molecule has 4 N–H and O–H groups in total. The fraction of sp³-hybridized carbons (Fsp3) is 0.750. The van der Waals surface area contributed by atoms with Gasteiger partial charge in [0.1, 0.15) is 11.8 Å². The number of allylic oxidation sites excluding steroid dienone is 1. The number of carbonyl (C=O) groups excluding carboxylic acids is 1. The van der Waals surface area contributed by atoms with Crippen molar-refractivity contribution >= 4 is 5.97 Å². The van der Waals surface area contributed by atoms with Gasteiger partial charge in [0.25, 0.3) is 0 Å². The Kier molecular flexibility index (Phi) is 38.0. The van der Waals surface area contributed by atoms with Gasteiger partial charge in [-0.3, -0.25) is 0 Å². The third-order valence-electron chi connectivity index (χ3n) is 1.07. The molecule has 6 heteroatoms. The Balaban J connectivity index is -0.0000000922. The molecule has 0 unspecified atom stereocenters. The zero-order valence-electron chi connectivity index (χ0n) is 11.9. The molecule has 0 saturated carbocycles. The molecule has 0 aliphatic rings. The maximum atomic E-state index is 8.68. The van der Waals surface area contributed by atoms with E-state index in [0.29, 0.717) is 19.8 Å². The molecule has 0 rings (SSSR count). The summed E-state index contributed by atoms with van der Waals surface area (Å²) in [6.45, 7) is 8.10. The number of rotatable bonds is 4. The van der Waals surface area contributed by atoms with Crippen LogP contribution in [0, 0.1) is 0 Å². The van der Waals surface area contributed by atoms with Gasteiger partial charge in [-0.25, -0.2) is 0 Å². The summed E-state index contributed by atoms with van der Waals surface area (Å²) in [5.74, 6) is -0.224. The minimum Gasteiger partial charge on any atom is -0.512 e. The molecule has 18 heavy (non-hydrogen) atoms. The third kappa shape index (κ3) is 44.4. The Bertz CT molecular complexity index is 171. The molecule has 0 aliphatic carbocycles. The van der Waals surface area contributed by atoms with E-state index >= 15 is 0 Å². The number of aliphatic hydroxyl groups excluding tert-OH is 3. The Morgan fingerprint density at radius 2 is 1.44 bits per heavy atom. The van der Waals surface area contributed by atoms with Crippen molar-refractivity contribution < 1.29 is 57.6 Å². The fourth-order valence-electron chi connectivity index (χ4n) is 0.368. The summed E-state index contributed by atoms with van der Waals surface area (Å²) < 4.78 is 4.59. The largest absolute Gasteiger partial charge is 0.513 e. The summed E-state index contributed by atoms with van der Waals surface area (Å²) in [5.41, 5.74) is 0. The first-order valence-electron chi connectivity index (χ1n) is 5.77. The van der Waals surface area contributed by atoms with E-state index in [1.807, 2.05) is 13.8 Å². The van der Waals surface area contributed by atoms with E-state index < -0.39 is 0 Å². The first-order valence-corrected chi connectivity index (χ1v) is 5.77. The Morgan fingerprint density at radius 1 is 1.11 bits per heavy atom. The first kappa shape index (κ1) is 26.6. The average Bonchev–Trinajstić information content (AvgIpc) is 2.29. The Hall–Kier alpha value is 0.0339. The summed E-state index contributed by atoms with van der Waals surface area (Å²) in [7, 11) is 0. The molecule has 0 heterocycles. The SMILES string of the molecule is CCCO.CCCO.CCOC(=[OH+])/C=C(/C)O.[Y]. The minimum atomic E-state index is -0.252.